The summed E-state index contributed by atoms with van der Waals surface area (Å²) in [5, 5.41) is 0. The van der Waals surface area contributed by atoms with Crippen molar-refractivity contribution in [1.29, 1.82) is 0 Å². The number of rotatable bonds is 13. The Labute approximate surface area is 221 Å². The summed E-state index contributed by atoms with van der Waals surface area (Å²) in [6.07, 6.45) is 25.9. The summed E-state index contributed by atoms with van der Waals surface area (Å²) >= 11 is 0. The molecule has 0 bridgehead atoms. The molecule has 0 amide bonds. The standard InChI is InChI=1S/C30H54O3.3H2O/c1-3-5-6-7-8-12-23-32-28-21-19-25(20-22-28)24-15-17-27(18-16-24)30(31)33-29(4-2)26-13-10-9-11-14-26;;;/h24-29H,3-23H2,1-2H3;3*1H2. The highest BCUT2D eigenvalue weighted by molar-refractivity contribution is 5.72. The molecule has 6 N–H and O–H groups in total. The molecule has 3 rings (SSSR count). The highest BCUT2D eigenvalue weighted by Gasteiger charge is 2.35. The molecule has 6 heteroatoms. The number of unbranched alkanes of at least 4 members (excludes halogenated alkanes) is 5. The van der Waals surface area contributed by atoms with Gasteiger partial charge in [-0.1, -0.05) is 65.2 Å². The smallest absolute Gasteiger partial charge is 0.309 e. The summed E-state index contributed by atoms with van der Waals surface area (Å²) in [4.78, 5) is 12.9. The highest BCUT2D eigenvalue weighted by Crippen LogP contribution is 2.41. The van der Waals surface area contributed by atoms with Crippen LogP contribution in [0.1, 0.15) is 142 Å². The topological polar surface area (TPSA) is 130 Å². The van der Waals surface area contributed by atoms with Crippen molar-refractivity contribution in [2.75, 3.05) is 6.61 Å². The van der Waals surface area contributed by atoms with Gasteiger partial charge in [-0.15, -0.1) is 0 Å². The maximum atomic E-state index is 12.9. The molecule has 3 aliphatic carbocycles. The largest absolute Gasteiger partial charge is 0.462 e. The molecule has 3 saturated carbocycles. The Morgan fingerprint density at radius 2 is 1.25 bits per heavy atom. The van der Waals surface area contributed by atoms with Gasteiger partial charge in [0.05, 0.1) is 12.0 Å². The lowest BCUT2D eigenvalue weighted by Crippen LogP contribution is -2.34. The molecule has 0 aromatic rings. The summed E-state index contributed by atoms with van der Waals surface area (Å²) in [6.45, 7) is 5.44. The summed E-state index contributed by atoms with van der Waals surface area (Å²) in [5.41, 5.74) is 0. The van der Waals surface area contributed by atoms with Crippen LogP contribution in [0.15, 0.2) is 0 Å². The fourth-order valence-corrected chi connectivity index (χ4v) is 6.95. The molecule has 0 spiro atoms. The van der Waals surface area contributed by atoms with Gasteiger partial charge in [0.2, 0.25) is 0 Å². The minimum Gasteiger partial charge on any atom is -0.462 e. The molecule has 3 fully saturated rings. The van der Waals surface area contributed by atoms with E-state index in [1.165, 1.54) is 109 Å². The molecule has 0 saturated heterocycles. The van der Waals surface area contributed by atoms with Crippen LogP contribution >= 0.6 is 0 Å². The van der Waals surface area contributed by atoms with Crippen molar-refractivity contribution >= 4 is 5.97 Å². The average Bonchev–Trinajstić information content (AvgIpc) is 2.87. The molecule has 6 nitrogen and oxygen atoms in total. The lowest BCUT2D eigenvalue weighted by atomic mass is 9.70. The molecule has 0 aromatic carbocycles. The van der Waals surface area contributed by atoms with Crippen LogP contribution in [0.25, 0.3) is 0 Å². The molecular weight excluding hydrogens is 456 g/mol. The first-order valence-corrected chi connectivity index (χ1v) is 15.0. The van der Waals surface area contributed by atoms with Gasteiger partial charge in [-0.05, 0) is 94.8 Å². The third-order valence-corrected chi connectivity index (χ3v) is 9.19. The van der Waals surface area contributed by atoms with Crippen LogP contribution in [0.2, 0.25) is 0 Å². The molecule has 0 heterocycles. The van der Waals surface area contributed by atoms with Gasteiger partial charge in [0, 0.05) is 6.61 Å². The summed E-state index contributed by atoms with van der Waals surface area (Å²) in [5.74, 6) is 2.59. The molecule has 0 aromatic heterocycles. The lowest BCUT2D eigenvalue weighted by Gasteiger charge is -2.38. The van der Waals surface area contributed by atoms with E-state index in [2.05, 4.69) is 13.8 Å². The van der Waals surface area contributed by atoms with Crippen LogP contribution in [0, 0.1) is 23.7 Å². The lowest BCUT2D eigenvalue weighted by molar-refractivity contribution is -0.159. The summed E-state index contributed by atoms with van der Waals surface area (Å²) in [6, 6.07) is 0. The molecule has 36 heavy (non-hydrogen) atoms. The monoisotopic (exact) mass is 516 g/mol. The molecule has 0 aliphatic heterocycles. The number of carbonyl (C=O) groups is 1. The Balaban J connectivity index is 0.00000408. The van der Waals surface area contributed by atoms with E-state index >= 15 is 0 Å². The molecule has 216 valence electrons. The zero-order chi connectivity index (χ0) is 23.3. The number of ether oxygens (including phenoxy) is 2. The predicted octanol–water partition coefficient (Wildman–Crippen LogP) is 6.16. The van der Waals surface area contributed by atoms with Gasteiger partial charge in [0.1, 0.15) is 6.10 Å². The van der Waals surface area contributed by atoms with Crippen LogP contribution < -0.4 is 0 Å². The van der Waals surface area contributed by atoms with Gasteiger partial charge in [-0.3, -0.25) is 4.79 Å². The van der Waals surface area contributed by atoms with Crippen molar-refractivity contribution < 1.29 is 30.7 Å². The Kier molecular flexibility index (Phi) is 19.9. The van der Waals surface area contributed by atoms with E-state index in [4.69, 9.17) is 9.47 Å². The maximum absolute atomic E-state index is 12.9. The van der Waals surface area contributed by atoms with E-state index < -0.39 is 0 Å². The minimum absolute atomic E-state index is 0. The third kappa shape index (κ3) is 11.8. The van der Waals surface area contributed by atoms with E-state index in [0.717, 1.165) is 37.7 Å². The van der Waals surface area contributed by atoms with Crippen LogP contribution in [0.5, 0.6) is 0 Å². The average molecular weight is 517 g/mol. The van der Waals surface area contributed by atoms with Gasteiger partial charge >= 0.3 is 5.97 Å². The Hall–Kier alpha value is -0.690. The van der Waals surface area contributed by atoms with E-state index in [0.29, 0.717) is 12.0 Å². The first-order valence-electron chi connectivity index (χ1n) is 15.0. The Morgan fingerprint density at radius 1 is 0.694 bits per heavy atom. The number of esters is 1. The molecule has 3 aliphatic rings. The first-order chi connectivity index (χ1) is 16.2. The summed E-state index contributed by atoms with van der Waals surface area (Å²) < 4.78 is 12.3. The first kappa shape index (κ1) is 35.3. The van der Waals surface area contributed by atoms with E-state index in [9.17, 15) is 4.79 Å². The van der Waals surface area contributed by atoms with Crippen molar-refractivity contribution in [2.45, 2.75) is 154 Å². The minimum atomic E-state index is 0. The van der Waals surface area contributed by atoms with Crippen molar-refractivity contribution in [3.63, 3.8) is 0 Å². The predicted molar refractivity (Wildman–Crippen MR) is 148 cm³/mol. The van der Waals surface area contributed by atoms with E-state index in [1.807, 2.05) is 0 Å². The fraction of sp³-hybridized carbons (Fsp3) is 0.967. The van der Waals surface area contributed by atoms with E-state index in [-0.39, 0.29) is 34.4 Å². The van der Waals surface area contributed by atoms with Gasteiger partial charge in [-0.25, -0.2) is 0 Å². The van der Waals surface area contributed by atoms with Gasteiger partial charge < -0.3 is 25.9 Å². The second kappa shape index (κ2) is 20.3. The van der Waals surface area contributed by atoms with Crippen LogP contribution in [-0.2, 0) is 14.3 Å². The normalized spacial score (nSPS) is 27.6. The van der Waals surface area contributed by atoms with Crippen molar-refractivity contribution in [1.82, 2.24) is 0 Å². The zero-order valence-electron chi connectivity index (χ0n) is 23.5. The third-order valence-electron chi connectivity index (χ3n) is 9.19. The second-order valence-electron chi connectivity index (χ2n) is 11.6. The van der Waals surface area contributed by atoms with E-state index in [1.54, 1.807) is 0 Å². The van der Waals surface area contributed by atoms with Crippen molar-refractivity contribution in [2.24, 2.45) is 23.7 Å². The molecular formula is C30H60O6. The second-order valence-corrected chi connectivity index (χ2v) is 11.6. The zero-order valence-corrected chi connectivity index (χ0v) is 23.5. The number of hydrogen-bond acceptors (Lipinski definition) is 3. The SMILES string of the molecule is CCCCCCCCOC1CCC(C2CCC(C(=O)OC(CC)C3CCCCC3)CC2)CC1.O.O.O. The fourth-order valence-electron chi connectivity index (χ4n) is 6.95. The van der Waals surface area contributed by atoms with Crippen LogP contribution in [0.3, 0.4) is 0 Å². The molecule has 0 radical (unpaired) electrons. The maximum Gasteiger partial charge on any atom is 0.309 e. The number of hydrogen-bond donors (Lipinski definition) is 0. The number of carbonyl (C=O) groups excluding carboxylic acids is 1. The Morgan fingerprint density at radius 3 is 1.83 bits per heavy atom. The van der Waals surface area contributed by atoms with Crippen molar-refractivity contribution in [3.8, 4) is 0 Å². The van der Waals surface area contributed by atoms with Gasteiger partial charge in [0.25, 0.3) is 0 Å². The van der Waals surface area contributed by atoms with Gasteiger partial charge in [0.15, 0.2) is 0 Å². The van der Waals surface area contributed by atoms with Gasteiger partial charge in [-0.2, -0.15) is 0 Å². The Bertz CT molecular complexity index is 520. The van der Waals surface area contributed by atoms with Crippen LogP contribution in [-0.4, -0.2) is 41.2 Å². The highest BCUT2D eigenvalue weighted by atomic mass is 16.5. The van der Waals surface area contributed by atoms with Crippen molar-refractivity contribution in [3.05, 3.63) is 0 Å². The van der Waals surface area contributed by atoms with Crippen LogP contribution in [0.4, 0.5) is 0 Å². The molecule has 1 atom stereocenters. The quantitative estimate of drug-likeness (QED) is 0.215. The molecule has 1 unspecified atom stereocenters. The summed E-state index contributed by atoms with van der Waals surface area (Å²) in [7, 11) is 0.